The Balaban J connectivity index is 1.83. The summed E-state index contributed by atoms with van der Waals surface area (Å²) in [4.78, 5) is 16.6. The lowest BCUT2D eigenvalue weighted by molar-refractivity contribution is -0.116. The van der Waals surface area contributed by atoms with E-state index in [9.17, 15) is 13.2 Å². The maximum atomic E-state index is 13.0. The average Bonchev–Trinajstić information content (AvgIpc) is 2.64. The Hall–Kier alpha value is -2.77. The van der Waals surface area contributed by atoms with E-state index in [1.54, 1.807) is 36.7 Å². The molecule has 0 bridgehead atoms. The standard InChI is InChI=1S/C20H21N3O3S/c1-14-6-4-8-18(15(14)2)22-20(24)13-23(3)27(25,26)19-9-5-7-16-12-21-11-10-17(16)19/h4-12H,13H2,1-3H3,(H,22,24). The zero-order valence-electron chi connectivity index (χ0n) is 15.4. The van der Waals surface area contributed by atoms with E-state index in [0.29, 0.717) is 11.1 Å². The van der Waals surface area contributed by atoms with Crippen LogP contribution in [0.3, 0.4) is 0 Å². The van der Waals surface area contributed by atoms with Crippen LogP contribution in [0.1, 0.15) is 11.1 Å². The number of hydrogen-bond donors (Lipinski definition) is 1. The summed E-state index contributed by atoms with van der Waals surface area (Å²) in [7, 11) is -2.43. The van der Waals surface area contributed by atoms with E-state index in [1.165, 1.54) is 13.1 Å². The second kappa shape index (κ2) is 7.46. The van der Waals surface area contributed by atoms with Crippen molar-refractivity contribution in [2.45, 2.75) is 18.7 Å². The lowest BCUT2D eigenvalue weighted by Gasteiger charge is -2.18. The van der Waals surface area contributed by atoms with Gasteiger partial charge < -0.3 is 5.32 Å². The van der Waals surface area contributed by atoms with Crippen LogP contribution in [0.25, 0.3) is 10.8 Å². The van der Waals surface area contributed by atoms with E-state index in [0.717, 1.165) is 20.8 Å². The van der Waals surface area contributed by atoms with Crippen molar-refractivity contribution in [2.24, 2.45) is 0 Å². The van der Waals surface area contributed by atoms with Gasteiger partial charge in [-0.05, 0) is 43.2 Å². The molecule has 3 aromatic rings. The van der Waals surface area contributed by atoms with E-state index < -0.39 is 15.9 Å². The van der Waals surface area contributed by atoms with Gasteiger partial charge in [-0.2, -0.15) is 4.31 Å². The van der Waals surface area contributed by atoms with Crippen LogP contribution in [-0.2, 0) is 14.8 Å². The number of hydrogen-bond acceptors (Lipinski definition) is 4. The van der Waals surface area contributed by atoms with Crippen molar-refractivity contribution in [3.8, 4) is 0 Å². The second-order valence-electron chi connectivity index (χ2n) is 6.41. The minimum absolute atomic E-state index is 0.157. The Morgan fingerprint density at radius 3 is 2.63 bits per heavy atom. The summed E-state index contributed by atoms with van der Waals surface area (Å²) >= 11 is 0. The highest BCUT2D eigenvalue weighted by atomic mass is 32.2. The first-order valence-corrected chi connectivity index (χ1v) is 9.90. The van der Waals surface area contributed by atoms with Crippen molar-refractivity contribution in [1.29, 1.82) is 0 Å². The summed E-state index contributed by atoms with van der Waals surface area (Å²) in [5.74, 6) is -0.392. The predicted octanol–water partition coefficient (Wildman–Crippen LogP) is 3.11. The fraction of sp³-hybridized carbons (Fsp3) is 0.200. The average molecular weight is 383 g/mol. The maximum absolute atomic E-state index is 13.0. The number of rotatable bonds is 5. The van der Waals surface area contributed by atoms with Crippen LogP contribution in [0.15, 0.2) is 59.8 Å². The molecular formula is C20H21N3O3S. The zero-order chi connectivity index (χ0) is 19.6. The van der Waals surface area contributed by atoms with Gasteiger partial charge in [-0.1, -0.05) is 24.3 Å². The number of carbonyl (C=O) groups is 1. The molecule has 6 nitrogen and oxygen atoms in total. The van der Waals surface area contributed by atoms with E-state index in [1.807, 2.05) is 26.0 Å². The molecule has 2 aromatic carbocycles. The minimum Gasteiger partial charge on any atom is -0.325 e. The molecule has 140 valence electrons. The van der Waals surface area contributed by atoms with Gasteiger partial charge in [0.05, 0.1) is 11.4 Å². The number of fused-ring (bicyclic) bond motifs is 1. The Bertz CT molecular complexity index is 1110. The Morgan fingerprint density at radius 2 is 1.85 bits per heavy atom. The Labute approximate surface area is 158 Å². The number of amides is 1. The number of aryl methyl sites for hydroxylation is 1. The molecule has 0 saturated heterocycles. The molecule has 1 aromatic heterocycles. The van der Waals surface area contributed by atoms with Crippen LogP contribution in [0.4, 0.5) is 5.69 Å². The first-order valence-electron chi connectivity index (χ1n) is 8.46. The number of nitrogens with one attached hydrogen (secondary N) is 1. The summed E-state index contributed by atoms with van der Waals surface area (Å²) in [6.07, 6.45) is 3.16. The van der Waals surface area contributed by atoms with E-state index in [2.05, 4.69) is 10.3 Å². The molecule has 1 heterocycles. The highest BCUT2D eigenvalue weighted by molar-refractivity contribution is 7.89. The number of likely N-dealkylation sites (N-methyl/N-ethyl adjacent to an activating group) is 1. The molecule has 0 aliphatic heterocycles. The van der Waals surface area contributed by atoms with E-state index in [4.69, 9.17) is 0 Å². The number of nitrogens with zero attached hydrogens (tertiary/aromatic N) is 2. The van der Waals surface area contributed by atoms with Crippen molar-refractivity contribution in [3.63, 3.8) is 0 Å². The number of benzene rings is 2. The van der Waals surface area contributed by atoms with Crippen LogP contribution in [0, 0.1) is 13.8 Å². The highest BCUT2D eigenvalue weighted by Gasteiger charge is 2.25. The van der Waals surface area contributed by atoms with Gasteiger partial charge in [0.15, 0.2) is 0 Å². The number of aromatic nitrogens is 1. The van der Waals surface area contributed by atoms with E-state index in [-0.39, 0.29) is 11.4 Å². The molecule has 0 atom stereocenters. The second-order valence-corrected chi connectivity index (χ2v) is 8.42. The third-order valence-corrected chi connectivity index (χ3v) is 6.44. The molecular weight excluding hydrogens is 362 g/mol. The normalized spacial score (nSPS) is 11.7. The molecule has 0 aliphatic carbocycles. The lowest BCUT2D eigenvalue weighted by Crippen LogP contribution is -2.35. The summed E-state index contributed by atoms with van der Waals surface area (Å²) in [6.45, 7) is 3.59. The summed E-state index contributed by atoms with van der Waals surface area (Å²) in [6, 6.07) is 12.3. The van der Waals surface area contributed by atoms with Crippen molar-refractivity contribution in [1.82, 2.24) is 9.29 Å². The summed E-state index contributed by atoms with van der Waals surface area (Å²) in [5, 5.41) is 4.09. The van der Waals surface area contributed by atoms with Gasteiger partial charge in [0, 0.05) is 35.9 Å². The number of pyridine rings is 1. The molecule has 1 amide bonds. The Morgan fingerprint density at radius 1 is 1.11 bits per heavy atom. The molecule has 0 unspecified atom stereocenters. The highest BCUT2D eigenvalue weighted by Crippen LogP contribution is 2.24. The van der Waals surface area contributed by atoms with Gasteiger partial charge in [-0.3, -0.25) is 9.78 Å². The maximum Gasteiger partial charge on any atom is 0.243 e. The van der Waals surface area contributed by atoms with Gasteiger partial charge in [0.1, 0.15) is 0 Å². The van der Waals surface area contributed by atoms with Crippen LogP contribution in [0.2, 0.25) is 0 Å². The van der Waals surface area contributed by atoms with Gasteiger partial charge in [-0.15, -0.1) is 0 Å². The monoisotopic (exact) mass is 383 g/mol. The van der Waals surface area contributed by atoms with Crippen LogP contribution >= 0.6 is 0 Å². The SMILES string of the molecule is Cc1cccc(NC(=O)CN(C)S(=O)(=O)c2cccc3cnccc23)c1C. The van der Waals surface area contributed by atoms with Crippen molar-refractivity contribution in [2.75, 3.05) is 18.9 Å². The molecule has 0 saturated carbocycles. The molecule has 0 radical (unpaired) electrons. The molecule has 0 aliphatic rings. The summed E-state index contributed by atoms with van der Waals surface area (Å²) in [5.41, 5.74) is 2.69. The predicted molar refractivity (Wildman–Crippen MR) is 106 cm³/mol. The number of anilines is 1. The number of carbonyl (C=O) groups excluding carboxylic acids is 1. The third-order valence-electron chi connectivity index (χ3n) is 4.57. The van der Waals surface area contributed by atoms with Crippen LogP contribution < -0.4 is 5.32 Å². The van der Waals surface area contributed by atoms with Gasteiger partial charge in [0.25, 0.3) is 0 Å². The molecule has 27 heavy (non-hydrogen) atoms. The fourth-order valence-corrected chi connectivity index (χ4v) is 4.19. The van der Waals surface area contributed by atoms with Crippen LogP contribution in [0.5, 0.6) is 0 Å². The number of sulfonamides is 1. The smallest absolute Gasteiger partial charge is 0.243 e. The molecule has 0 fully saturated rings. The lowest BCUT2D eigenvalue weighted by atomic mass is 10.1. The minimum atomic E-state index is -3.83. The fourth-order valence-electron chi connectivity index (χ4n) is 2.85. The van der Waals surface area contributed by atoms with Crippen LogP contribution in [-0.4, -0.2) is 37.2 Å². The first kappa shape index (κ1) is 19.0. The first-order chi connectivity index (χ1) is 12.8. The molecule has 1 N–H and O–H groups in total. The third kappa shape index (κ3) is 3.84. The van der Waals surface area contributed by atoms with Crippen molar-refractivity contribution >= 4 is 32.4 Å². The van der Waals surface area contributed by atoms with Crippen molar-refractivity contribution in [3.05, 3.63) is 66.0 Å². The molecule has 0 spiro atoms. The van der Waals surface area contributed by atoms with Gasteiger partial charge >= 0.3 is 0 Å². The molecule has 7 heteroatoms. The summed E-state index contributed by atoms with van der Waals surface area (Å²) < 4.78 is 27.0. The zero-order valence-corrected chi connectivity index (χ0v) is 16.2. The van der Waals surface area contributed by atoms with Gasteiger partial charge in [-0.25, -0.2) is 8.42 Å². The Kier molecular flexibility index (Phi) is 5.25. The van der Waals surface area contributed by atoms with Crippen molar-refractivity contribution < 1.29 is 13.2 Å². The van der Waals surface area contributed by atoms with Gasteiger partial charge in [0.2, 0.25) is 15.9 Å². The topological polar surface area (TPSA) is 79.4 Å². The van der Waals surface area contributed by atoms with E-state index >= 15 is 0 Å². The quantitative estimate of drug-likeness (QED) is 0.734. The molecule has 3 rings (SSSR count). The largest absolute Gasteiger partial charge is 0.325 e.